The van der Waals surface area contributed by atoms with Crippen LogP contribution in [0.3, 0.4) is 0 Å². The molecule has 1 heterocycles. The molecule has 3 N–H and O–H groups in total. The van der Waals surface area contributed by atoms with Crippen LogP contribution < -0.4 is 10.5 Å². The largest absolute Gasteiger partial charge is 0.399 e. The molecule has 4 nitrogen and oxygen atoms in total. The first kappa shape index (κ1) is 13.7. The summed E-state index contributed by atoms with van der Waals surface area (Å²) in [5.41, 5.74) is 7.01. The molecule has 6 heteroatoms. The third-order valence-electron chi connectivity index (χ3n) is 2.97. The van der Waals surface area contributed by atoms with Crippen molar-refractivity contribution >= 4 is 27.5 Å². The fraction of sp³-hybridized carbons (Fsp3) is 0.500. The quantitative estimate of drug-likeness (QED) is 0.825. The predicted molar refractivity (Wildman–Crippen MR) is 76.2 cm³/mol. The van der Waals surface area contributed by atoms with Gasteiger partial charge in [-0.3, -0.25) is 0 Å². The Kier molecular flexibility index (Phi) is 4.19. The van der Waals surface area contributed by atoms with E-state index >= 15 is 0 Å². The second kappa shape index (κ2) is 5.50. The van der Waals surface area contributed by atoms with Crippen molar-refractivity contribution in [2.45, 2.75) is 18.2 Å². The number of hydrogen-bond acceptors (Lipinski definition) is 4. The van der Waals surface area contributed by atoms with Crippen LogP contribution in [0.5, 0.6) is 0 Å². The van der Waals surface area contributed by atoms with E-state index in [1.54, 1.807) is 12.1 Å². The third-order valence-corrected chi connectivity index (χ3v) is 5.60. The number of nitrogen functional groups attached to an aromatic ring is 1. The van der Waals surface area contributed by atoms with E-state index in [0.717, 1.165) is 23.5 Å². The van der Waals surface area contributed by atoms with E-state index in [2.05, 4.69) is 4.72 Å². The van der Waals surface area contributed by atoms with Gasteiger partial charge in [-0.25, -0.2) is 13.1 Å². The molecule has 1 saturated heterocycles. The summed E-state index contributed by atoms with van der Waals surface area (Å²) < 4.78 is 26.9. The fourth-order valence-electron chi connectivity index (χ4n) is 1.99. The second-order valence-electron chi connectivity index (χ2n) is 4.66. The number of hydrogen-bond donors (Lipinski definition) is 2. The second-order valence-corrected chi connectivity index (χ2v) is 7.58. The molecule has 0 saturated carbocycles. The molecule has 0 aromatic heterocycles. The Labute approximate surface area is 112 Å². The number of thioether (sulfide) groups is 1. The number of sulfonamides is 1. The average Bonchev–Trinajstić information content (AvgIpc) is 2.78. The maximum absolute atomic E-state index is 12.1. The summed E-state index contributed by atoms with van der Waals surface area (Å²) in [6.45, 7) is 2.35. The Balaban J connectivity index is 2.09. The standard InChI is InChI=1S/C12H18N2O2S2/c1-9-4-11(13)6-12(5-9)18(15,16)14-7-10-2-3-17-8-10/h4-6,10,14H,2-3,7-8,13H2,1H3. The Morgan fingerprint density at radius 1 is 1.44 bits per heavy atom. The molecule has 100 valence electrons. The monoisotopic (exact) mass is 286 g/mol. The SMILES string of the molecule is Cc1cc(N)cc(S(=O)(=O)NCC2CCSC2)c1. The summed E-state index contributed by atoms with van der Waals surface area (Å²) in [6.07, 6.45) is 1.09. The van der Waals surface area contributed by atoms with E-state index in [-0.39, 0.29) is 4.90 Å². The Morgan fingerprint density at radius 3 is 2.83 bits per heavy atom. The van der Waals surface area contributed by atoms with Gasteiger partial charge in [-0.05, 0) is 54.5 Å². The lowest BCUT2D eigenvalue weighted by molar-refractivity contribution is 0.546. The van der Waals surface area contributed by atoms with Gasteiger partial charge in [-0.15, -0.1) is 0 Å². The van der Waals surface area contributed by atoms with Crippen molar-refractivity contribution in [2.75, 3.05) is 23.8 Å². The van der Waals surface area contributed by atoms with Crippen molar-refractivity contribution in [3.63, 3.8) is 0 Å². The highest BCUT2D eigenvalue weighted by atomic mass is 32.2. The summed E-state index contributed by atoms with van der Waals surface area (Å²) >= 11 is 1.88. The van der Waals surface area contributed by atoms with Crippen molar-refractivity contribution < 1.29 is 8.42 Å². The highest BCUT2D eigenvalue weighted by Crippen LogP contribution is 2.23. The van der Waals surface area contributed by atoms with Gasteiger partial charge in [0, 0.05) is 12.2 Å². The van der Waals surface area contributed by atoms with Gasteiger partial charge in [0.05, 0.1) is 4.90 Å². The van der Waals surface area contributed by atoms with Gasteiger partial charge >= 0.3 is 0 Å². The van der Waals surface area contributed by atoms with Crippen LogP contribution in [0.25, 0.3) is 0 Å². The predicted octanol–water partition coefficient (Wildman–Crippen LogP) is 1.61. The van der Waals surface area contributed by atoms with Gasteiger partial charge in [0.1, 0.15) is 0 Å². The maximum atomic E-state index is 12.1. The highest BCUT2D eigenvalue weighted by molar-refractivity contribution is 7.99. The average molecular weight is 286 g/mol. The van der Waals surface area contributed by atoms with E-state index in [9.17, 15) is 8.42 Å². The van der Waals surface area contributed by atoms with Crippen molar-refractivity contribution in [1.82, 2.24) is 4.72 Å². The van der Waals surface area contributed by atoms with Crippen molar-refractivity contribution in [2.24, 2.45) is 5.92 Å². The van der Waals surface area contributed by atoms with Gasteiger partial charge in [0.2, 0.25) is 10.0 Å². The van der Waals surface area contributed by atoms with E-state index in [1.807, 2.05) is 18.7 Å². The normalized spacial score (nSPS) is 20.2. The van der Waals surface area contributed by atoms with Crippen LogP contribution in [-0.4, -0.2) is 26.5 Å². The molecule has 0 spiro atoms. The summed E-state index contributed by atoms with van der Waals surface area (Å²) in [5, 5.41) is 0. The molecule has 0 bridgehead atoms. The lowest BCUT2D eigenvalue weighted by Crippen LogP contribution is -2.29. The Morgan fingerprint density at radius 2 is 2.22 bits per heavy atom. The molecule has 1 fully saturated rings. The smallest absolute Gasteiger partial charge is 0.240 e. The van der Waals surface area contributed by atoms with Crippen molar-refractivity contribution in [3.05, 3.63) is 23.8 Å². The molecule has 0 radical (unpaired) electrons. The summed E-state index contributed by atoms with van der Waals surface area (Å²) in [5.74, 6) is 2.62. The minimum Gasteiger partial charge on any atom is -0.399 e. The maximum Gasteiger partial charge on any atom is 0.240 e. The van der Waals surface area contributed by atoms with Gasteiger partial charge in [-0.1, -0.05) is 0 Å². The first-order chi connectivity index (χ1) is 8.47. The number of nitrogens with one attached hydrogen (secondary N) is 1. The van der Waals surface area contributed by atoms with Crippen LogP contribution in [0.15, 0.2) is 23.1 Å². The molecular weight excluding hydrogens is 268 g/mol. The number of benzene rings is 1. The first-order valence-electron chi connectivity index (χ1n) is 5.92. The lowest BCUT2D eigenvalue weighted by atomic mass is 10.1. The molecule has 1 aliphatic rings. The Hall–Kier alpha value is -0.720. The number of anilines is 1. The number of nitrogens with two attached hydrogens (primary N) is 1. The number of aryl methyl sites for hydroxylation is 1. The zero-order valence-corrected chi connectivity index (χ0v) is 12.0. The van der Waals surface area contributed by atoms with Crippen LogP contribution in [0.1, 0.15) is 12.0 Å². The fourth-order valence-corrected chi connectivity index (χ4v) is 4.53. The first-order valence-corrected chi connectivity index (χ1v) is 8.56. The van der Waals surface area contributed by atoms with E-state index in [0.29, 0.717) is 18.2 Å². The van der Waals surface area contributed by atoms with E-state index < -0.39 is 10.0 Å². The molecule has 1 aromatic carbocycles. The van der Waals surface area contributed by atoms with Crippen LogP contribution in [0, 0.1) is 12.8 Å². The minimum absolute atomic E-state index is 0.255. The zero-order chi connectivity index (χ0) is 13.2. The molecule has 0 amide bonds. The third kappa shape index (κ3) is 3.40. The van der Waals surface area contributed by atoms with Crippen LogP contribution in [0.2, 0.25) is 0 Å². The summed E-state index contributed by atoms with van der Waals surface area (Å²) in [4.78, 5) is 0.255. The van der Waals surface area contributed by atoms with Gasteiger partial charge in [0.15, 0.2) is 0 Å². The molecule has 18 heavy (non-hydrogen) atoms. The lowest BCUT2D eigenvalue weighted by Gasteiger charge is -2.11. The van der Waals surface area contributed by atoms with Crippen LogP contribution in [-0.2, 0) is 10.0 Å². The number of rotatable bonds is 4. The highest BCUT2D eigenvalue weighted by Gasteiger charge is 2.20. The van der Waals surface area contributed by atoms with Gasteiger partial charge in [-0.2, -0.15) is 11.8 Å². The van der Waals surface area contributed by atoms with Crippen LogP contribution in [0.4, 0.5) is 5.69 Å². The Bertz CT molecular complexity index is 503. The van der Waals surface area contributed by atoms with Crippen LogP contribution >= 0.6 is 11.8 Å². The van der Waals surface area contributed by atoms with E-state index in [4.69, 9.17) is 5.73 Å². The summed E-state index contributed by atoms with van der Waals surface area (Å²) in [7, 11) is -3.43. The van der Waals surface area contributed by atoms with Crippen molar-refractivity contribution in [3.8, 4) is 0 Å². The van der Waals surface area contributed by atoms with E-state index in [1.165, 1.54) is 6.07 Å². The molecule has 1 aliphatic heterocycles. The summed E-state index contributed by atoms with van der Waals surface area (Å²) in [6, 6.07) is 4.90. The minimum atomic E-state index is -3.43. The molecule has 0 aliphatic carbocycles. The molecule has 1 unspecified atom stereocenters. The molecule has 1 atom stereocenters. The zero-order valence-electron chi connectivity index (χ0n) is 10.3. The molecular formula is C12H18N2O2S2. The van der Waals surface area contributed by atoms with Gasteiger partial charge < -0.3 is 5.73 Å². The van der Waals surface area contributed by atoms with Gasteiger partial charge in [0.25, 0.3) is 0 Å². The topological polar surface area (TPSA) is 72.2 Å². The van der Waals surface area contributed by atoms with Crippen molar-refractivity contribution in [1.29, 1.82) is 0 Å². The molecule has 2 rings (SSSR count). The molecule has 1 aromatic rings.